The SMILES string of the molecule is C=CC(=O)O[N+](O)(CCC)Cc1cccc(C)c1C. The Kier molecular flexibility index (Phi) is 5.27. The van der Waals surface area contributed by atoms with Crippen molar-refractivity contribution in [3.8, 4) is 0 Å². The Labute approximate surface area is 114 Å². The molecule has 1 N–H and O–H groups in total. The summed E-state index contributed by atoms with van der Waals surface area (Å²) in [4.78, 5) is 15.6. The Morgan fingerprint density at radius 3 is 2.74 bits per heavy atom. The van der Waals surface area contributed by atoms with Crippen LogP contribution < -0.4 is 0 Å². The smallest absolute Gasteiger partial charge is 0.240 e. The van der Waals surface area contributed by atoms with Gasteiger partial charge in [-0.2, -0.15) is 5.21 Å². The van der Waals surface area contributed by atoms with Crippen LogP contribution in [-0.4, -0.2) is 22.5 Å². The normalized spacial score (nSPS) is 13.7. The molecular formula is C15H22NO3+. The fourth-order valence-corrected chi connectivity index (χ4v) is 1.96. The van der Waals surface area contributed by atoms with Crippen molar-refractivity contribution in [3.63, 3.8) is 0 Å². The van der Waals surface area contributed by atoms with Crippen molar-refractivity contribution < 1.29 is 19.6 Å². The number of hydrogen-bond acceptors (Lipinski definition) is 3. The predicted octanol–water partition coefficient (Wildman–Crippen LogP) is 3.06. The third-order valence-corrected chi connectivity index (χ3v) is 3.13. The van der Waals surface area contributed by atoms with Crippen LogP contribution in [0.5, 0.6) is 0 Å². The molecule has 1 rings (SSSR count). The predicted molar refractivity (Wildman–Crippen MR) is 73.1 cm³/mol. The molecule has 4 nitrogen and oxygen atoms in total. The molecule has 0 aliphatic heterocycles. The van der Waals surface area contributed by atoms with Gasteiger partial charge in [0.1, 0.15) is 0 Å². The molecule has 0 heterocycles. The third-order valence-electron chi connectivity index (χ3n) is 3.13. The minimum absolute atomic E-state index is 0.237. The molecule has 1 aromatic rings. The van der Waals surface area contributed by atoms with Gasteiger partial charge in [-0.25, -0.2) is 9.63 Å². The van der Waals surface area contributed by atoms with E-state index in [0.29, 0.717) is 13.0 Å². The van der Waals surface area contributed by atoms with E-state index >= 15 is 0 Å². The molecule has 0 aliphatic carbocycles. The summed E-state index contributed by atoms with van der Waals surface area (Å²) in [6, 6.07) is 5.88. The molecule has 1 aromatic carbocycles. The van der Waals surface area contributed by atoms with Crippen molar-refractivity contribution in [1.82, 2.24) is 0 Å². The minimum Gasteiger partial charge on any atom is -0.240 e. The number of quaternary nitrogens is 1. The minimum atomic E-state index is -0.744. The van der Waals surface area contributed by atoms with Crippen LogP contribution in [0, 0.1) is 13.8 Å². The van der Waals surface area contributed by atoms with Crippen molar-refractivity contribution >= 4 is 5.97 Å². The number of carbonyl (C=O) groups excluding carboxylic acids is 1. The van der Waals surface area contributed by atoms with E-state index in [0.717, 1.165) is 22.8 Å². The van der Waals surface area contributed by atoms with Crippen molar-refractivity contribution in [2.75, 3.05) is 6.54 Å². The maximum absolute atomic E-state index is 11.3. The standard InChI is InChI=1S/C15H22NO3/c1-5-10-16(18,19-15(17)6-2)11-14-9-7-8-12(3)13(14)4/h6-9,18H,2,5,10-11H2,1,3-4H3/q+1. The average molecular weight is 264 g/mol. The molecule has 4 heteroatoms. The van der Waals surface area contributed by atoms with E-state index in [-0.39, 0.29) is 6.54 Å². The monoisotopic (exact) mass is 264 g/mol. The molecule has 0 aromatic heterocycles. The molecule has 104 valence electrons. The van der Waals surface area contributed by atoms with E-state index in [2.05, 4.69) is 6.58 Å². The van der Waals surface area contributed by atoms with Gasteiger partial charge in [-0.15, -0.1) is 0 Å². The van der Waals surface area contributed by atoms with Crippen LogP contribution in [0.15, 0.2) is 30.9 Å². The largest absolute Gasteiger partial charge is 0.394 e. The fraction of sp³-hybridized carbons (Fsp3) is 0.400. The lowest BCUT2D eigenvalue weighted by atomic mass is 10.0. The van der Waals surface area contributed by atoms with Crippen molar-refractivity contribution in [3.05, 3.63) is 47.5 Å². The first-order chi connectivity index (χ1) is 8.91. The Balaban J connectivity index is 2.97. The second-order valence-electron chi connectivity index (χ2n) is 4.70. The van der Waals surface area contributed by atoms with Gasteiger partial charge in [0, 0.05) is 22.9 Å². The number of hydroxylamine groups is 4. The molecule has 0 spiro atoms. The van der Waals surface area contributed by atoms with E-state index in [1.165, 1.54) is 0 Å². The highest BCUT2D eigenvalue weighted by molar-refractivity contribution is 5.80. The molecule has 0 saturated heterocycles. The number of aryl methyl sites for hydroxylation is 1. The highest BCUT2D eigenvalue weighted by atomic mass is 16.9. The summed E-state index contributed by atoms with van der Waals surface area (Å²) in [7, 11) is 0. The number of rotatable bonds is 6. The van der Waals surface area contributed by atoms with Gasteiger partial charge < -0.3 is 0 Å². The average Bonchev–Trinajstić information content (AvgIpc) is 2.35. The highest BCUT2D eigenvalue weighted by Gasteiger charge is 2.31. The Hall–Kier alpha value is -1.65. The Morgan fingerprint density at radius 1 is 1.47 bits per heavy atom. The lowest BCUT2D eigenvalue weighted by Crippen LogP contribution is -2.46. The summed E-state index contributed by atoms with van der Waals surface area (Å²) in [6.45, 7) is 9.86. The molecule has 1 unspecified atom stereocenters. The Morgan fingerprint density at radius 2 is 2.16 bits per heavy atom. The van der Waals surface area contributed by atoms with E-state index in [1.807, 2.05) is 39.0 Å². The molecular weight excluding hydrogens is 242 g/mol. The van der Waals surface area contributed by atoms with Gasteiger partial charge in [-0.3, -0.25) is 0 Å². The van der Waals surface area contributed by atoms with Crippen molar-refractivity contribution in [2.45, 2.75) is 33.7 Å². The van der Waals surface area contributed by atoms with Gasteiger partial charge in [-0.1, -0.05) is 31.7 Å². The lowest BCUT2D eigenvalue weighted by molar-refractivity contribution is -1.24. The second-order valence-corrected chi connectivity index (χ2v) is 4.70. The van der Waals surface area contributed by atoms with E-state index in [9.17, 15) is 10.0 Å². The van der Waals surface area contributed by atoms with Crippen molar-refractivity contribution in [1.29, 1.82) is 0 Å². The van der Waals surface area contributed by atoms with Crippen LogP contribution >= 0.6 is 0 Å². The molecule has 19 heavy (non-hydrogen) atoms. The van der Waals surface area contributed by atoms with E-state index in [4.69, 9.17) is 4.84 Å². The van der Waals surface area contributed by atoms with Crippen LogP contribution in [0.1, 0.15) is 30.0 Å². The van der Waals surface area contributed by atoms with Gasteiger partial charge in [0.05, 0.1) is 0 Å². The van der Waals surface area contributed by atoms with Crippen molar-refractivity contribution in [2.24, 2.45) is 0 Å². The summed E-state index contributed by atoms with van der Waals surface area (Å²) in [5, 5.41) is 10.4. The lowest BCUT2D eigenvalue weighted by Gasteiger charge is -2.26. The maximum atomic E-state index is 11.3. The topological polar surface area (TPSA) is 46.5 Å². The first-order valence-corrected chi connectivity index (χ1v) is 6.42. The Bertz CT molecular complexity index is 470. The molecule has 1 atom stereocenters. The molecule has 0 saturated carbocycles. The number of benzene rings is 1. The first kappa shape index (κ1) is 15.4. The fourth-order valence-electron chi connectivity index (χ4n) is 1.96. The molecule has 0 fully saturated rings. The summed E-state index contributed by atoms with van der Waals surface area (Å²) in [5.41, 5.74) is 3.22. The zero-order valence-corrected chi connectivity index (χ0v) is 11.8. The number of carbonyl (C=O) groups is 1. The van der Waals surface area contributed by atoms with Gasteiger partial charge in [0.2, 0.25) is 0 Å². The summed E-state index contributed by atoms with van der Waals surface area (Å²) >= 11 is 0. The van der Waals surface area contributed by atoms with Crippen LogP contribution in [-0.2, 0) is 16.2 Å². The number of nitrogens with zero attached hydrogens (tertiary/aromatic N) is 1. The first-order valence-electron chi connectivity index (χ1n) is 6.42. The van der Waals surface area contributed by atoms with Gasteiger partial charge in [-0.05, 0) is 25.0 Å². The molecule has 0 bridgehead atoms. The molecule has 0 aliphatic rings. The quantitative estimate of drug-likeness (QED) is 0.488. The zero-order chi connectivity index (χ0) is 14.5. The highest BCUT2D eigenvalue weighted by Crippen LogP contribution is 2.19. The summed E-state index contributed by atoms with van der Waals surface area (Å²) in [5.74, 6) is -0.624. The van der Waals surface area contributed by atoms with E-state index < -0.39 is 10.8 Å². The van der Waals surface area contributed by atoms with Gasteiger partial charge >= 0.3 is 5.97 Å². The van der Waals surface area contributed by atoms with Crippen LogP contribution in [0.25, 0.3) is 0 Å². The van der Waals surface area contributed by atoms with Crippen LogP contribution in [0.2, 0.25) is 0 Å². The maximum Gasteiger partial charge on any atom is 0.394 e. The molecule has 0 amide bonds. The molecule has 0 radical (unpaired) electrons. The third kappa shape index (κ3) is 4.19. The summed E-state index contributed by atoms with van der Waals surface area (Å²) in [6.07, 6.45) is 1.76. The van der Waals surface area contributed by atoms with Crippen LogP contribution in [0.3, 0.4) is 0 Å². The zero-order valence-electron chi connectivity index (χ0n) is 11.8. The number of hydrogen-bond donors (Lipinski definition) is 1. The van der Waals surface area contributed by atoms with Crippen LogP contribution in [0.4, 0.5) is 0 Å². The summed E-state index contributed by atoms with van der Waals surface area (Å²) < 4.78 is 0. The second kappa shape index (κ2) is 6.50. The van der Waals surface area contributed by atoms with Gasteiger partial charge in [0.25, 0.3) is 0 Å². The van der Waals surface area contributed by atoms with Gasteiger partial charge in [0.15, 0.2) is 13.1 Å². The van der Waals surface area contributed by atoms with E-state index in [1.54, 1.807) is 0 Å².